The Labute approximate surface area is 77.0 Å². The largest absolute Gasteiger partial charge is 0.252 e. The number of aliphatic imine (C=N–C) groups is 1. The van der Waals surface area contributed by atoms with E-state index in [9.17, 15) is 0 Å². The first kappa shape index (κ1) is 8.16. The standard InChI is InChI=1S/C9H12N4/c1-7-11-8-10-6-9(2,3)4-5-13(8)12-7/h4-6H,1-3H3. The van der Waals surface area contributed by atoms with Crippen LogP contribution in [-0.2, 0) is 0 Å². The van der Waals surface area contributed by atoms with Gasteiger partial charge in [-0.05, 0) is 6.92 Å². The summed E-state index contributed by atoms with van der Waals surface area (Å²) in [6.07, 6.45) is 5.85. The van der Waals surface area contributed by atoms with Crippen LogP contribution < -0.4 is 0 Å². The first-order chi connectivity index (χ1) is 6.07. The van der Waals surface area contributed by atoms with Gasteiger partial charge in [-0.1, -0.05) is 19.9 Å². The fraction of sp³-hybridized carbons (Fsp3) is 0.444. The monoisotopic (exact) mass is 176 g/mol. The van der Waals surface area contributed by atoms with E-state index < -0.39 is 0 Å². The first-order valence-corrected chi connectivity index (χ1v) is 4.25. The maximum Gasteiger partial charge on any atom is 0.252 e. The van der Waals surface area contributed by atoms with Crippen molar-refractivity contribution >= 4 is 18.4 Å². The molecular weight excluding hydrogens is 164 g/mol. The quantitative estimate of drug-likeness (QED) is 0.605. The Morgan fingerprint density at radius 3 is 2.92 bits per heavy atom. The molecule has 0 atom stereocenters. The van der Waals surface area contributed by atoms with Crippen LogP contribution in [-0.4, -0.2) is 21.0 Å². The molecule has 0 saturated heterocycles. The van der Waals surface area contributed by atoms with Crippen molar-refractivity contribution in [3.05, 3.63) is 11.9 Å². The summed E-state index contributed by atoms with van der Waals surface area (Å²) >= 11 is 0. The molecule has 2 heterocycles. The zero-order valence-corrected chi connectivity index (χ0v) is 8.02. The van der Waals surface area contributed by atoms with Gasteiger partial charge in [0.15, 0.2) is 0 Å². The summed E-state index contributed by atoms with van der Waals surface area (Å²) in [5, 5.41) is 4.18. The second-order valence-corrected chi connectivity index (χ2v) is 3.80. The minimum Gasteiger partial charge on any atom is -0.223 e. The molecule has 0 aromatic carbocycles. The summed E-state index contributed by atoms with van der Waals surface area (Å²) in [7, 11) is 0. The molecule has 2 rings (SSSR count). The highest BCUT2D eigenvalue weighted by Gasteiger charge is 2.15. The highest BCUT2D eigenvalue weighted by atomic mass is 15.4. The molecule has 0 saturated carbocycles. The highest BCUT2D eigenvalue weighted by Crippen LogP contribution is 2.21. The molecule has 0 fully saturated rings. The normalized spacial score (nSPS) is 18.4. The van der Waals surface area contributed by atoms with E-state index in [1.54, 1.807) is 4.68 Å². The van der Waals surface area contributed by atoms with Crippen molar-refractivity contribution in [1.82, 2.24) is 14.8 Å². The predicted octanol–water partition coefficient (Wildman–Crippen LogP) is 1.80. The van der Waals surface area contributed by atoms with E-state index in [0.29, 0.717) is 5.95 Å². The molecule has 1 aliphatic heterocycles. The van der Waals surface area contributed by atoms with Gasteiger partial charge in [-0.3, -0.25) is 0 Å². The summed E-state index contributed by atoms with van der Waals surface area (Å²) in [4.78, 5) is 8.44. The number of aromatic nitrogens is 3. The second-order valence-electron chi connectivity index (χ2n) is 3.80. The Bertz CT molecular complexity index is 351. The minimum absolute atomic E-state index is 0.0176. The lowest BCUT2D eigenvalue weighted by atomic mass is 9.96. The van der Waals surface area contributed by atoms with Crippen molar-refractivity contribution in [3.63, 3.8) is 0 Å². The highest BCUT2D eigenvalue weighted by molar-refractivity contribution is 5.72. The number of aryl methyl sites for hydroxylation is 1. The van der Waals surface area contributed by atoms with E-state index in [1.165, 1.54) is 0 Å². The molecule has 1 aromatic rings. The van der Waals surface area contributed by atoms with Crippen LogP contribution in [0, 0.1) is 12.3 Å². The van der Waals surface area contributed by atoms with Crippen LogP contribution in [0.4, 0.5) is 5.95 Å². The average molecular weight is 176 g/mol. The number of nitrogens with zero attached hydrogens (tertiary/aromatic N) is 4. The molecule has 4 nitrogen and oxygen atoms in total. The molecule has 13 heavy (non-hydrogen) atoms. The number of allylic oxidation sites excluding steroid dienone is 1. The molecule has 4 heteroatoms. The molecule has 0 amide bonds. The second kappa shape index (κ2) is 2.52. The van der Waals surface area contributed by atoms with E-state index in [2.05, 4.69) is 35.0 Å². The van der Waals surface area contributed by atoms with Gasteiger partial charge in [0.25, 0.3) is 5.95 Å². The van der Waals surface area contributed by atoms with Gasteiger partial charge in [-0.2, -0.15) is 10.1 Å². The third-order valence-electron chi connectivity index (χ3n) is 1.88. The third-order valence-corrected chi connectivity index (χ3v) is 1.88. The zero-order chi connectivity index (χ0) is 9.47. The van der Waals surface area contributed by atoms with E-state index in [-0.39, 0.29) is 5.41 Å². The minimum atomic E-state index is -0.0176. The van der Waals surface area contributed by atoms with Gasteiger partial charge in [0.2, 0.25) is 0 Å². The van der Waals surface area contributed by atoms with Gasteiger partial charge >= 0.3 is 0 Å². The molecule has 1 aromatic heterocycles. The molecule has 0 unspecified atom stereocenters. The van der Waals surface area contributed by atoms with Gasteiger partial charge in [0.1, 0.15) is 5.82 Å². The molecular formula is C9H12N4. The van der Waals surface area contributed by atoms with Crippen LogP contribution in [0.2, 0.25) is 0 Å². The van der Waals surface area contributed by atoms with Gasteiger partial charge in [0.05, 0.1) is 0 Å². The lowest BCUT2D eigenvalue weighted by molar-refractivity contribution is 0.697. The van der Waals surface area contributed by atoms with Crippen molar-refractivity contribution in [1.29, 1.82) is 0 Å². The topological polar surface area (TPSA) is 43.1 Å². The lowest BCUT2D eigenvalue weighted by Gasteiger charge is -2.09. The van der Waals surface area contributed by atoms with Crippen molar-refractivity contribution in [2.24, 2.45) is 10.4 Å². The Morgan fingerprint density at radius 1 is 1.38 bits per heavy atom. The van der Waals surface area contributed by atoms with Crippen LogP contribution >= 0.6 is 0 Å². The summed E-state index contributed by atoms with van der Waals surface area (Å²) in [5.41, 5.74) is -0.0176. The molecule has 0 radical (unpaired) electrons. The summed E-state index contributed by atoms with van der Waals surface area (Å²) < 4.78 is 1.70. The molecule has 0 aliphatic carbocycles. The molecule has 0 N–H and O–H groups in total. The summed E-state index contributed by atoms with van der Waals surface area (Å²) in [5.74, 6) is 1.40. The summed E-state index contributed by atoms with van der Waals surface area (Å²) in [6.45, 7) is 6.04. The van der Waals surface area contributed by atoms with Crippen molar-refractivity contribution in [2.75, 3.05) is 0 Å². The molecule has 68 valence electrons. The Morgan fingerprint density at radius 2 is 2.15 bits per heavy atom. The maximum atomic E-state index is 4.26. The van der Waals surface area contributed by atoms with E-state index in [4.69, 9.17) is 0 Å². The van der Waals surface area contributed by atoms with Crippen LogP contribution in [0.5, 0.6) is 0 Å². The number of rotatable bonds is 0. The Kier molecular flexibility index (Phi) is 1.58. The maximum absolute atomic E-state index is 4.26. The number of hydrogen-bond donors (Lipinski definition) is 0. The Balaban J connectivity index is 2.50. The molecule has 1 aliphatic rings. The van der Waals surface area contributed by atoms with Crippen molar-refractivity contribution in [2.45, 2.75) is 20.8 Å². The van der Waals surface area contributed by atoms with Gasteiger partial charge < -0.3 is 0 Å². The van der Waals surface area contributed by atoms with Gasteiger partial charge in [0, 0.05) is 17.8 Å². The smallest absolute Gasteiger partial charge is 0.223 e. The Hall–Kier alpha value is -1.45. The fourth-order valence-corrected chi connectivity index (χ4v) is 1.14. The predicted molar refractivity (Wildman–Crippen MR) is 52.0 cm³/mol. The van der Waals surface area contributed by atoms with E-state index in [1.807, 2.05) is 19.3 Å². The fourth-order valence-electron chi connectivity index (χ4n) is 1.14. The van der Waals surface area contributed by atoms with E-state index in [0.717, 1.165) is 5.82 Å². The summed E-state index contributed by atoms with van der Waals surface area (Å²) in [6, 6.07) is 0. The molecule has 0 spiro atoms. The van der Waals surface area contributed by atoms with Crippen molar-refractivity contribution < 1.29 is 0 Å². The van der Waals surface area contributed by atoms with Crippen LogP contribution in [0.15, 0.2) is 11.1 Å². The number of hydrogen-bond acceptors (Lipinski definition) is 3. The van der Waals surface area contributed by atoms with Gasteiger partial charge in [-0.15, -0.1) is 0 Å². The SMILES string of the molecule is Cc1nc2n(n1)C=CC(C)(C)C=N2. The molecule has 0 bridgehead atoms. The number of fused-ring (bicyclic) bond motifs is 1. The average Bonchev–Trinajstić information content (AvgIpc) is 2.34. The zero-order valence-electron chi connectivity index (χ0n) is 8.02. The lowest BCUT2D eigenvalue weighted by Crippen LogP contribution is -2.07. The van der Waals surface area contributed by atoms with Gasteiger partial charge in [-0.25, -0.2) is 9.67 Å². The van der Waals surface area contributed by atoms with E-state index >= 15 is 0 Å². The van der Waals surface area contributed by atoms with Crippen LogP contribution in [0.1, 0.15) is 19.7 Å². The van der Waals surface area contributed by atoms with Crippen molar-refractivity contribution in [3.8, 4) is 0 Å². The van der Waals surface area contributed by atoms with Crippen LogP contribution in [0.3, 0.4) is 0 Å². The first-order valence-electron chi connectivity index (χ1n) is 4.25. The third kappa shape index (κ3) is 1.52. The van der Waals surface area contributed by atoms with Crippen LogP contribution in [0.25, 0.3) is 6.20 Å².